The van der Waals surface area contributed by atoms with Crippen LogP contribution in [0.1, 0.15) is 27.2 Å². The zero-order chi connectivity index (χ0) is 7.28. The van der Waals surface area contributed by atoms with E-state index in [1.165, 1.54) is 0 Å². The monoisotopic (exact) mass is 145 g/mol. The van der Waals surface area contributed by atoms with Gasteiger partial charge in [-0.15, -0.1) is 0 Å². The van der Waals surface area contributed by atoms with Crippen molar-refractivity contribution in [2.24, 2.45) is 5.92 Å². The van der Waals surface area contributed by atoms with Crippen molar-refractivity contribution in [2.45, 2.75) is 33.3 Å². The summed E-state index contributed by atoms with van der Waals surface area (Å²) in [6, 6.07) is 0. The maximum absolute atomic E-state index is 4.96. The minimum absolute atomic E-state index is 0.215. The molecule has 0 rings (SSSR count). The second-order valence-corrected chi connectivity index (χ2v) is 2.46. The summed E-state index contributed by atoms with van der Waals surface area (Å²) in [5.74, 6) is 0.570. The zero-order valence-electron chi connectivity index (χ0n) is 6.18. The van der Waals surface area contributed by atoms with Crippen molar-refractivity contribution in [3.8, 4) is 0 Å². The summed E-state index contributed by atoms with van der Waals surface area (Å²) in [6.45, 7) is 6.28. The van der Waals surface area contributed by atoms with Gasteiger partial charge in [-0.3, -0.25) is 0 Å². The Labute approximate surface area is 62.4 Å². The van der Waals surface area contributed by atoms with Crippen LogP contribution in [0.2, 0.25) is 0 Å². The summed E-state index contributed by atoms with van der Waals surface area (Å²) in [7, 11) is 0. The van der Waals surface area contributed by atoms with Crippen LogP contribution in [0.4, 0.5) is 0 Å². The second kappa shape index (κ2) is 4.74. The van der Waals surface area contributed by atoms with E-state index in [9.17, 15) is 0 Å². The largest absolute Gasteiger partial charge is 0.477 e. The Morgan fingerprint density at radius 3 is 2.44 bits per heavy atom. The van der Waals surface area contributed by atoms with Gasteiger partial charge >= 0.3 is 0 Å². The van der Waals surface area contributed by atoms with Gasteiger partial charge in [0.05, 0.1) is 6.10 Å². The molecule has 0 aliphatic heterocycles. The van der Waals surface area contributed by atoms with Crippen LogP contribution in [0.15, 0.2) is 0 Å². The van der Waals surface area contributed by atoms with Gasteiger partial charge in [0.15, 0.2) is 0 Å². The highest BCUT2D eigenvalue weighted by Crippen LogP contribution is 2.08. The van der Waals surface area contributed by atoms with Crippen LogP contribution in [0, 0.1) is 5.92 Å². The number of rotatable bonds is 4. The molecule has 0 aromatic carbocycles. The molecule has 0 aromatic rings. The Kier molecular flexibility index (Phi) is 4.68. The number of hydrogen-bond acceptors (Lipinski definition) is 2. The fourth-order valence-electron chi connectivity index (χ4n) is 0.524. The van der Waals surface area contributed by atoms with Crippen molar-refractivity contribution >= 4 is 17.8 Å². The first-order valence-electron chi connectivity index (χ1n) is 3.25. The van der Waals surface area contributed by atoms with E-state index >= 15 is 0 Å². The van der Waals surface area contributed by atoms with E-state index in [4.69, 9.17) is 4.74 Å². The van der Waals surface area contributed by atoms with Gasteiger partial charge in [-0.1, -0.05) is 20.3 Å². The van der Waals surface area contributed by atoms with E-state index in [0.717, 1.165) is 6.42 Å². The Balaban J connectivity index is 3.44. The van der Waals surface area contributed by atoms with Crippen molar-refractivity contribution < 1.29 is 4.74 Å². The van der Waals surface area contributed by atoms with Crippen molar-refractivity contribution in [3.63, 3.8) is 0 Å². The first-order chi connectivity index (χ1) is 4.22. The van der Waals surface area contributed by atoms with Gasteiger partial charge in [0.25, 0.3) is 0 Å². The van der Waals surface area contributed by atoms with E-state index in [0.29, 0.717) is 5.92 Å². The summed E-state index contributed by atoms with van der Waals surface area (Å²) in [4.78, 5) is 0. The van der Waals surface area contributed by atoms with Gasteiger partial charge in [-0.25, -0.2) is 0 Å². The van der Waals surface area contributed by atoms with Crippen molar-refractivity contribution in [2.75, 3.05) is 0 Å². The predicted molar refractivity (Wildman–Crippen MR) is 42.6 cm³/mol. The van der Waals surface area contributed by atoms with Gasteiger partial charge in [-0.2, -0.15) is 0 Å². The third-order valence-corrected chi connectivity index (χ3v) is 1.78. The molecule has 0 spiro atoms. The van der Waals surface area contributed by atoms with Crippen LogP contribution >= 0.6 is 12.2 Å². The SMILES string of the molecule is CCC(C)C(C)O[C]=S. The van der Waals surface area contributed by atoms with Gasteiger partial charge in [0.2, 0.25) is 5.55 Å². The molecule has 0 N–H and O–H groups in total. The molecule has 0 saturated carbocycles. The maximum Gasteiger partial charge on any atom is 0.239 e. The molecule has 0 aromatic heterocycles. The number of ether oxygens (including phenoxy) is 1. The average Bonchev–Trinajstić information content (AvgIpc) is 1.87. The topological polar surface area (TPSA) is 9.23 Å². The maximum atomic E-state index is 4.96. The molecule has 0 heterocycles. The fraction of sp³-hybridized carbons (Fsp3) is 0.857. The first kappa shape index (κ1) is 8.89. The van der Waals surface area contributed by atoms with Crippen LogP contribution in [-0.4, -0.2) is 11.7 Å². The highest BCUT2D eigenvalue weighted by atomic mass is 32.1. The third kappa shape index (κ3) is 3.46. The third-order valence-electron chi connectivity index (χ3n) is 1.68. The molecule has 0 fully saturated rings. The van der Waals surface area contributed by atoms with Crippen LogP contribution in [-0.2, 0) is 4.74 Å². The predicted octanol–water partition coefficient (Wildman–Crippen LogP) is 2.27. The lowest BCUT2D eigenvalue weighted by molar-refractivity contribution is 0.159. The van der Waals surface area contributed by atoms with Crippen molar-refractivity contribution in [3.05, 3.63) is 0 Å². The zero-order valence-corrected chi connectivity index (χ0v) is 6.99. The molecule has 2 heteroatoms. The van der Waals surface area contributed by atoms with E-state index in [2.05, 4.69) is 31.6 Å². The smallest absolute Gasteiger partial charge is 0.239 e. The van der Waals surface area contributed by atoms with Crippen LogP contribution < -0.4 is 0 Å². The number of thiocarbonyl (C=S) groups is 1. The van der Waals surface area contributed by atoms with E-state index in [1.807, 2.05) is 6.92 Å². The van der Waals surface area contributed by atoms with Crippen molar-refractivity contribution in [1.82, 2.24) is 0 Å². The molecule has 0 bridgehead atoms. The Hall–Kier alpha value is -0.110. The van der Waals surface area contributed by atoms with Gasteiger partial charge in [-0.05, 0) is 25.1 Å². The highest BCUT2D eigenvalue weighted by molar-refractivity contribution is 7.78. The summed E-state index contributed by atoms with van der Waals surface area (Å²) in [5, 5.41) is 0. The average molecular weight is 145 g/mol. The molecule has 0 aliphatic carbocycles. The molecule has 1 nitrogen and oxygen atoms in total. The summed E-state index contributed by atoms with van der Waals surface area (Å²) >= 11 is 4.42. The quantitative estimate of drug-likeness (QED) is 0.561. The minimum atomic E-state index is 0.215. The molecule has 53 valence electrons. The minimum Gasteiger partial charge on any atom is -0.477 e. The molecule has 0 amide bonds. The Morgan fingerprint density at radius 1 is 1.56 bits per heavy atom. The van der Waals surface area contributed by atoms with Crippen LogP contribution in [0.5, 0.6) is 0 Å². The summed E-state index contributed by atoms with van der Waals surface area (Å²) in [5.41, 5.74) is 2.27. The van der Waals surface area contributed by atoms with E-state index < -0.39 is 0 Å². The van der Waals surface area contributed by atoms with Crippen LogP contribution in [0.25, 0.3) is 0 Å². The first-order valence-corrected chi connectivity index (χ1v) is 3.66. The van der Waals surface area contributed by atoms with Gasteiger partial charge in [0.1, 0.15) is 0 Å². The van der Waals surface area contributed by atoms with Crippen LogP contribution in [0.3, 0.4) is 0 Å². The van der Waals surface area contributed by atoms with E-state index in [-0.39, 0.29) is 6.10 Å². The molecular formula is C7H13OS. The molecule has 0 saturated heterocycles. The normalized spacial score (nSPS) is 16.3. The molecule has 9 heavy (non-hydrogen) atoms. The van der Waals surface area contributed by atoms with Crippen molar-refractivity contribution in [1.29, 1.82) is 0 Å². The highest BCUT2D eigenvalue weighted by Gasteiger charge is 2.08. The Bertz CT molecular complexity index is 83.0. The lowest BCUT2D eigenvalue weighted by Crippen LogP contribution is -2.15. The molecule has 0 aliphatic rings. The fourth-order valence-corrected chi connectivity index (χ4v) is 0.676. The summed E-state index contributed by atoms with van der Waals surface area (Å²) < 4.78 is 4.96. The van der Waals surface area contributed by atoms with Gasteiger partial charge < -0.3 is 4.74 Å². The lowest BCUT2D eigenvalue weighted by atomic mass is 10.0. The lowest BCUT2D eigenvalue weighted by Gasteiger charge is -2.15. The summed E-state index contributed by atoms with van der Waals surface area (Å²) in [6.07, 6.45) is 1.34. The molecular weight excluding hydrogens is 132 g/mol. The molecule has 1 radical (unpaired) electrons. The molecule has 2 atom stereocenters. The van der Waals surface area contributed by atoms with E-state index in [1.54, 1.807) is 0 Å². The molecule has 2 unspecified atom stereocenters. The Morgan fingerprint density at radius 2 is 2.11 bits per heavy atom. The number of hydrogen-bond donors (Lipinski definition) is 0. The standard InChI is InChI=1S/C7H13OS/c1-4-6(2)7(3)8-5-9/h6-7H,4H2,1-3H3. The van der Waals surface area contributed by atoms with Gasteiger partial charge in [0, 0.05) is 0 Å². The second-order valence-electron chi connectivity index (χ2n) is 2.29.